The van der Waals surface area contributed by atoms with Crippen LogP contribution < -0.4 is 15.4 Å². The summed E-state index contributed by atoms with van der Waals surface area (Å²) in [6.45, 7) is 3.41. The minimum absolute atomic E-state index is 0.484. The zero-order valence-corrected chi connectivity index (χ0v) is 10.7. The molecule has 1 aliphatic rings. The molecular weight excluding hydrogens is 212 g/mol. The maximum absolute atomic E-state index is 5.22. The van der Waals surface area contributed by atoms with Crippen LogP contribution in [0.4, 0.5) is 5.69 Å². The van der Waals surface area contributed by atoms with Crippen molar-refractivity contribution in [3.05, 3.63) is 24.3 Å². The Morgan fingerprint density at radius 3 is 3.12 bits per heavy atom. The van der Waals surface area contributed by atoms with Crippen LogP contribution in [-0.2, 0) is 0 Å². The van der Waals surface area contributed by atoms with Crippen molar-refractivity contribution in [3.63, 3.8) is 0 Å². The molecule has 0 saturated carbocycles. The normalized spacial score (nSPS) is 21.2. The molecule has 2 unspecified atom stereocenters. The first-order chi connectivity index (χ1) is 8.28. The van der Waals surface area contributed by atoms with Gasteiger partial charge in [0.05, 0.1) is 7.11 Å². The molecule has 0 bridgehead atoms. The molecule has 0 spiro atoms. The average molecular weight is 234 g/mol. The molecule has 2 N–H and O–H groups in total. The number of benzene rings is 1. The zero-order valence-electron chi connectivity index (χ0n) is 10.7. The van der Waals surface area contributed by atoms with Gasteiger partial charge in [-0.25, -0.2) is 0 Å². The first kappa shape index (κ1) is 12.2. The van der Waals surface area contributed by atoms with Crippen LogP contribution in [-0.4, -0.2) is 25.7 Å². The lowest BCUT2D eigenvalue weighted by atomic mass is 10.1. The fourth-order valence-electron chi connectivity index (χ4n) is 2.44. The van der Waals surface area contributed by atoms with Gasteiger partial charge < -0.3 is 15.4 Å². The van der Waals surface area contributed by atoms with Crippen LogP contribution in [0.3, 0.4) is 0 Å². The SMILES string of the molecule is COc1cccc(NC(C)CC2CCCN2)c1. The number of anilines is 1. The second kappa shape index (κ2) is 5.92. The summed E-state index contributed by atoms with van der Waals surface area (Å²) in [5, 5.41) is 7.05. The van der Waals surface area contributed by atoms with E-state index in [4.69, 9.17) is 4.74 Å². The summed E-state index contributed by atoms with van der Waals surface area (Å²) in [5.41, 5.74) is 1.13. The van der Waals surface area contributed by atoms with Crippen molar-refractivity contribution in [3.8, 4) is 5.75 Å². The molecule has 1 fully saturated rings. The van der Waals surface area contributed by atoms with Gasteiger partial charge in [-0.15, -0.1) is 0 Å². The van der Waals surface area contributed by atoms with Crippen molar-refractivity contribution in [2.24, 2.45) is 0 Å². The van der Waals surface area contributed by atoms with Gasteiger partial charge >= 0.3 is 0 Å². The molecule has 1 aliphatic heterocycles. The molecule has 0 radical (unpaired) electrons. The van der Waals surface area contributed by atoms with Gasteiger partial charge in [0.25, 0.3) is 0 Å². The average Bonchev–Trinajstić information content (AvgIpc) is 2.82. The minimum atomic E-state index is 0.484. The van der Waals surface area contributed by atoms with Gasteiger partial charge in [0.1, 0.15) is 5.75 Å². The summed E-state index contributed by atoms with van der Waals surface area (Å²) >= 11 is 0. The smallest absolute Gasteiger partial charge is 0.120 e. The van der Waals surface area contributed by atoms with Gasteiger partial charge in [0.15, 0.2) is 0 Å². The highest BCUT2D eigenvalue weighted by Gasteiger charge is 2.16. The van der Waals surface area contributed by atoms with Crippen molar-refractivity contribution >= 4 is 5.69 Å². The third-order valence-corrected chi connectivity index (χ3v) is 3.28. The topological polar surface area (TPSA) is 33.3 Å². The lowest BCUT2D eigenvalue weighted by Gasteiger charge is -2.19. The van der Waals surface area contributed by atoms with Crippen LogP contribution in [0.1, 0.15) is 26.2 Å². The zero-order chi connectivity index (χ0) is 12.1. The number of rotatable bonds is 5. The highest BCUT2D eigenvalue weighted by molar-refractivity contribution is 5.48. The summed E-state index contributed by atoms with van der Waals surface area (Å²) in [6.07, 6.45) is 3.80. The molecule has 0 aromatic heterocycles. The standard InChI is InChI=1S/C14H22N2O/c1-11(9-12-6-4-8-15-12)16-13-5-3-7-14(10-13)17-2/h3,5,7,10-12,15-16H,4,6,8-9H2,1-2H3. The number of nitrogens with one attached hydrogen (secondary N) is 2. The highest BCUT2D eigenvalue weighted by Crippen LogP contribution is 2.19. The van der Waals surface area contributed by atoms with Crippen molar-refractivity contribution < 1.29 is 4.74 Å². The second-order valence-corrected chi connectivity index (χ2v) is 4.81. The van der Waals surface area contributed by atoms with Gasteiger partial charge in [-0.2, -0.15) is 0 Å². The van der Waals surface area contributed by atoms with E-state index in [9.17, 15) is 0 Å². The lowest BCUT2D eigenvalue weighted by molar-refractivity contribution is 0.415. The summed E-state index contributed by atoms with van der Waals surface area (Å²) in [7, 11) is 1.70. The Kier molecular flexibility index (Phi) is 4.26. The third-order valence-electron chi connectivity index (χ3n) is 3.28. The Morgan fingerprint density at radius 2 is 2.41 bits per heavy atom. The quantitative estimate of drug-likeness (QED) is 0.821. The first-order valence-corrected chi connectivity index (χ1v) is 6.42. The van der Waals surface area contributed by atoms with Gasteiger partial charge in [-0.3, -0.25) is 0 Å². The molecule has 0 aliphatic carbocycles. The molecule has 17 heavy (non-hydrogen) atoms. The van der Waals surface area contributed by atoms with E-state index in [0.717, 1.165) is 11.4 Å². The van der Waals surface area contributed by atoms with E-state index >= 15 is 0 Å². The number of hydrogen-bond donors (Lipinski definition) is 2. The van der Waals surface area contributed by atoms with E-state index in [-0.39, 0.29) is 0 Å². The van der Waals surface area contributed by atoms with E-state index in [2.05, 4.69) is 23.6 Å². The molecule has 0 amide bonds. The number of hydrogen-bond acceptors (Lipinski definition) is 3. The maximum atomic E-state index is 5.22. The fraction of sp³-hybridized carbons (Fsp3) is 0.571. The monoisotopic (exact) mass is 234 g/mol. The molecule has 2 rings (SSSR count). The largest absolute Gasteiger partial charge is 0.497 e. The van der Waals surface area contributed by atoms with Crippen LogP contribution >= 0.6 is 0 Å². The van der Waals surface area contributed by atoms with Crippen molar-refractivity contribution in [1.82, 2.24) is 5.32 Å². The Balaban J connectivity index is 1.85. The lowest BCUT2D eigenvalue weighted by Crippen LogP contribution is -2.29. The van der Waals surface area contributed by atoms with Gasteiger partial charge in [0, 0.05) is 23.8 Å². The molecule has 2 atom stereocenters. The van der Waals surface area contributed by atoms with E-state index in [1.807, 2.05) is 18.2 Å². The van der Waals surface area contributed by atoms with E-state index in [0.29, 0.717) is 12.1 Å². The first-order valence-electron chi connectivity index (χ1n) is 6.42. The van der Waals surface area contributed by atoms with Gasteiger partial charge in [0.2, 0.25) is 0 Å². The van der Waals surface area contributed by atoms with E-state index < -0.39 is 0 Å². The third kappa shape index (κ3) is 3.63. The summed E-state index contributed by atoms with van der Waals surface area (Å²) in [4.78, 5) is 0. The van der Waals surface area contributed by atoms with Crippen LogP contribution in [0, 0.1) is 0 Å². The van der Waals surface area contributed by atoms with E-state index in [1.165, 1.54) is 25.8 Å². The van der Waals surface area contributed by atoms with Crippen LogP contribution in [0.5, 0.6) is 5.75 Å². The van der Waals surface area contributed by atoms with Gasteiger partial charge in [-0.1, -0.05) is 6.07 Å². The van der Waals surface area contributed by atoms with Crippen molar-refractivity contribution in [2.45, 2.75) is 38.3 Å². The molecule has 94 valence electrons. The highest BCUT2D eigenvalue weighted by atomic mass is 16.5. The fourth-order valence-corrected chi connectivity index (χ4v) is 2.44. The Bertz CT molecular complexity index is 348. The summed E-state index contributed by atoms with van der Waals surface area (Å²) < 4.78 is 5.22. The van der Waals surface area contributed by atoms with Crippen LogP contribution in [0.25, 0.3) is 0 Å². The van der Waals surface area contributed by atoms with Gasteiger partial charge in [-0.05, 0) is 44.9 Å². The predicted molar refractivity (Wildman–Crippen MR) is 71.7 cm³/mol. The summed E-state index contributed by atoms with van der Waals surface area (Å²) in [5.74, 6) is 0.904. The number of ether oxygens (including phenoxy) is 1. The molecule has 3 nitrogen and oxygen atoms in total. The van der Waals surface area contributed by atoms with E-state index in [1.54, 1.807) is 7.11 Å². The Hall–Kier alpha value is -1.22. The molecule has 1 heterocycles. The molecule has 1 aromatic carbocycles. The second-order valence-electron chi connectivity index (χ2n) is 4.81. The predicted octanol–water partition coefficient (Wildman–Crippen LogP) is 2.64. The minimum Gasteiger partial charge on any atom is -0.497 e. The Morgan fingerprint density at radius 1 is 1.53 bits per heavy atom. The van der Waals surface area contributed by atoms with Crippen LogP contribution in [0.2, 0.25) is 0 Å². The van der Waals surface area contributed by atoms with Crippen LogP contribution in [0.15, 0.2) is 24.3 Å². The molecule has 1 saturated heterocycles. The Labute approximate surface area is 104 Å². The molecule has 3 heteroatoms. The van der Waals surface area contributed by atoms with Crippen molar-refractivity contribution in [2.75, 3.05) is 19.0 Å². The number of methoxy groups -OCH3 is 1. The summed E-state index contributed by atoms with van der Waals surface area (Å²) in [6, 6.07) is 9.27. The van der Waals surface area contributed by atoms with Crippen molar-refractivity contribution in [1.29, 1.82) is 0 Å². The molecule has 1 aromatic rings. The maximum Gasteiger partial charge on any atom is 0.120 e. The molecular formula is C14H22N2O.